The molecule has 0 aliphatic carbocycles. The highest BCUT2D eigenvalue weighted by Crippen LogP contribution is 2.23. The zero-order valence-corrected chi connectivity index (χ0v) is 12.5. The molecule has 0 spiro atoms. The maximum Gasteiger partial charge on any atom is 0.272 e. The fourth-order valence-electron chi connectivity index (χ4n) is 1.62. The number of nitrogens with one attached hydrogen (secondary N) is 1. The van der Waals surface area contributed by atoms with Crippen LogP contribution >= 0.6 is 22.9 Å². The summed E-state index contributed by atoms with van der Waals surface area (Å²) in [7, 11) is 0. The van der Waals surface area contributed by atoms with Crippen molar-refractivity contribution in [2.75, 3.05) is 0 Å². The molecule has 1 amide bonds. The third kappa shape index (κ3) is 3.88. The number of pyridine rings is 1. The van der Waals surface area contributed by atoms with E-state index < -0.39 is 0 Å². The third-order valence-electron chi connectivity index (χ3n) is 2.56. The minimum Gasteiger partial charge on any atom is -0.267 e. The van der Waals surface area contributed by atoms with Gasteiger partial charge in [-0.1, -0.05) is 24.9 Å². The summed E-state index contributed by atoms with van der Waals surface area (Å²) in [5.74, 6) is -0.269. The standard InChI is InChI=1S/C14H14ClN3OS/c1-2-4-11(12-6-7-13(15)20-12)17-18-14(19)10-5-3-8-16-9-10/h3,5-9H,2,4H2,1H3,(H,18,19). The van der Waals surface area contributed by atoms with Crippen molar-refractivity contribution in [1.82, 2.24) is 10.4 Å². The van der Waals surface area contributed by atoms with Crippen molar-refractivity contribution in [3.63, 3.8) is 0 Å². The molecule has 0 aromatic carbocycles. The first-order chi connectivity index (χ1) is 9.70. The van der Waals surface area contributed by atoms with Crippen molar-refractivity contribution in [3.8, 4) is 0 Å². The van der Waals surface area contributed by atoms with Crippen LogP contribution in [0.15, 0.2) is 41.8 Å². The molecule has 104 valence electrons. The van der Waals surface area contributed by atoms with Gasteiger partial charge in [0.25, 0.3) is 5.91 Å². The molecular weight excluding hydrogens is 294 g/mol. The Hall–Kier alpha value is -1.72. The van der Waals surface area contributed by atoms with Gasteiger partial charge in [-0.3, -0.25) is 9.78 Å². The summed E-state index contributed by atoms with van der Waals surface area (Å²) < 4.78 is 0.711. The molecule has 2 aromatic rings. The van der Waals surface area contributed by atoms with Crippen molar-refractivity contribution in [3.05, 3.63) is 51.4 Å². The molecule has 0 atom stereocenters. The molecule has 2 heterocycles. The Morgan fingerprint density at radius 1 is 1.45 bits per heavy atom. The number of nitrogens with zero attached hydrogens (tertiary/aromatic N) is 2. The molecule has 4 nitrogen and oxygen atoms in total. The number of aromatic nitrogens is 1. The highest BCUT2D eigenvalue weighted by atomic mass is 35.5. The van der Waals surface area contributed by atoms with E-state index in [-0.39, 0.29) is 5.91 Å². The first-order valence-electron chi connectivity index (χ1n) is 6.23. The van der Waals surface area contributed by atoms with Crippen molar-refractivity contribution in [2.45, 2.75) is 19.8 Å². The van der Waals surface area contributed by atoms with E-state index in [0.717, 1.165) is 23.4 Å². The van der Waals surface area contributed by atoms with Gasteiger partial charge in [-0.25, -0.2) is 5.43 Å². The zero-order valence-electron chi connectivity index (χ0n) is 11.0. The molecule has 2 aromatic heterocycles. The van der Waals surface area contributed by atoms with E-state index in [9.17, 15) is 4.79 Å². The van der Waals surface area contributed by atoms with Gasteiger partial charge in [0.05, 0.1) is 20.5 Å². The average molecular weight is 308 g/mol. The number of hydrazone groups is 1. The topological polar surface area (TPSA) is 54.4 Å². The molecule has 20 heavy (non-hydrogen) atoms. The number of hydrogen-bond acceptors (Lipinski definition) is 4. The molecular formula is C14H14ClN3OS. The van der Waals surface area contributed by atoms with Crippen LogP contribution in [-0.4, -0.2) is 16.6 Å². The second-order valence-electron chi connectivity index (χ2n) is 4.09. The summed E-state index contributed by atoms with van der Waals surface area (Å²) in [6.07, 6.45) is 4.85. The zero-order chi connectivity index (χ0) is 14.4. The number of rotatable bonds is 5. The number of thiophene rings is 1. The molecule has 6 heteroatoms. The van der Waals surface area contributed by atoms with Crippen molar-refractivity contribution in [2.24, 2.45) is 5.10 Å². The van der Waals surface area contributed by atoms with E-state index >= 15 is 0 Å². The number of carbonyl (C=O) groups is 1. The Labute approximate surface area is 126 Å². The van der Waals surface area contributed by atoms with Crippen molar-refractivity contribution < 1.29 is 4.79 Å². The monoisotopic (exact) mass is 307 g/mol. The van der Waals surface area contributed by atoms with Crippen LogP contribution in [0, 0.1) is 0 Å². The van der Waals surface area contributed by atoms with E-state index in [1.807, 2.05) is 12.1 Å². The van der Waals surface area contributed by atoms with Crippen molar-refractivity contribution >= 4 is 34.6 Å². The Bertz CT molecular complexity index is 610. The van der Waals surface area contributed by atoms with Crippen LogP contribution in [-0.2, 0) is 0 Å². The molecule has 0 unspecified atom stereocenters. The van der Waals surface area contributed by atoms with Crippen molar-refractivity contribution in [1.29, 1.82) is 0 Å². The Balaban J connectivity index is 2.12. The van der Waals surface area contributed by atoms with E-state index in [2.05, 4.69) is 22.4 Å². The van der Waals surface area contributed by atoms with Gasteiger partial charge in [0.1, 0.15) is 0 Å². The Morgan fingerprint density at radius 2 is 2.30 bits per heavy atom. The lowest BCUT2D eigenvalue weighted by Gasteiger charge is -2.04. The lowest BCUT2D eigenvalue weighted by Crippen LogP contribution is -2.20. The van der Waals surface area contributed by atoms with E-state index in [1.165, 1.54) is 17.5 Å². The number of halogens is 1. The maximum atomic E-state index is 11.9. The molecule has 1 N–H and O–H groups in total. The molecule has 0 bridgehead atoms. The SMILES string of the molecule is CCCC(=NNC(=O)c1cccnc1)c1ccc(Cl)s1. The van der Waals surface area contributed by atoms with Crippen LogP contribution in [0.1, 0.15) is 35.0 Å². The molecule has 0 fully saturated rings. The van der Waals surface area contributed by atoms with Gasteiger partial charge < -0.3 is 0 Å². The van der Waals surface area contributed by atoms with Crippen LogP contribution < -0.4 is 5.43 Å². The Kier molecular flexibility index (Phi) is 5.26. The van der Waals surface area contributed by atoms with Crippen LogP contribution in [0.25, 0.3) is 0 Å². The third-order valence-corrected chi connectivity index (χ3v) is 3.84. The maximum absolute atomic E-state index is 11.9. The summed E-state index contributed by atoms with van der Waals surface area (Å²) in [6, 6.07) is 7.15. The summed E-state index contributed by atoms with van der Waals surface area (Å²) in [4.78, 5) is 16.8. The first kappa shape index (κ1) is 14.7. The average Bonchev–Trinajstić information content (AvgIpc) is 2.90. The van der Waals surface area contributed by atoms with Crippen LogP contribution in [0.2, 0.25) is 4.34 Å². The molecule has 0 radical (unpaired) electrons. The summed E-state index contributed by atoms with van der Waals surface area (Å²) >= 11 is 7.39. The molecule has 0 aliphatic rings. The smallest absolute Gasteiger partial charge is 0.267 e. The number of carbonyl (C=O) groups excluding carboxylic acids is 1. The minimum atomic E-state index is -0.269. The predicted octanol–water partition coefficient (Wildman–Crippen LogP) is 3.73. The second kappa shape index (κ2) is 7.17. The van der Waals surface area contributed by atoms with Gasteiger partial charge >= 0.3 is 0 Å². The van der Waals surface area contributed by atoms with Gasteiger partial charge in [0.15, 0.2) is 0 Å². The highest BCUT2D eigenvalue weighted by molar-refractivity contribution is 7.18. The molecule has 0 saturated heterocycles. The lowest BCUT2D eigenvalue weighted by atomic mass is 10.2. The lowest BCUT2D eigenvalue weighted by molar-refractivity contribution is 0.0954. The van der Waals surface area contributed by atoms with Gasteiger partial charge in [0, 0.05) is 12.4 Å². The fraction of sp³-hybridized carbons (Fsp3) is 0.214. The second-order valence-corrected chi connectivity index (χ2v) is 5.81. The molecule has 0 saturated carbocycles. The minimum absolute atomic E-state index is 0.269. The van der Waals surface area contributed by atoms with E-state index in [4.69, 9.17) is 11.6 Å². The van der Waals surface area contributed by atoms with Gasteiger partial charge in [-0.2, -0.15) is 5.10 Å². The molecule has 2 rings (SSSR count). The largest absolute Gasteiger partial charge is 0.272 e. The molecule has 0 aliphatic heterocycles. The first-order valence-corrected chi connectivity index (χ1v) is 7.42. The quantitative estimate of drug-likeness (QED) is 0.676. The fourth-order valence-corrected chi connectivity index (χ4v) is 2.68. The van der Waals surface area contributed by atoms with Gasteiger partial charge in [-0.15, -0.1) is 11.3 Å². The van der Waals surface area contributed by atoms with Gasteiger partial charge in [0.2, 0.25) is 0 Å². The van der Waals surface area contributed by atoms with Gasteiger partial charge in [-0.05, 0) is 30.7 Å². The van der Waals surface area contributed by atoms with Crippen LogP contribution in [0.5, 0.6) is 0 Å². The highest BCUT2D eigenvalue weighted by Gasteiger charge is 2.08. The number of hydrogen-bond donors (Lipinski definition) is 1. The summed E-state index contributed by atoms with van der Waals surface area (Å²) in [6.45, 7) is 2.06. The predicted molar refractivity (Wildman–Crippen MR) is 82.5 cm³/mol. The Morgan fingerprint density at radius 3 is 2.90 bits per heavy atom. The normalized spacial score (nSPS) is 11.4. The number of amides is 1. The van der Waals surface area contributed by atoms with Crippen LogP contribution in [0.3, 0.4) is 0 Å². The summed E-state index contributed by atoms with van der Waals surface area (Å²) in [5.41, 5.74) is 3.88. The van der Waals surface area contributed by atoms with E-state index in [0.29, 0.717) is 9.90 Å². The van der Waals surface area contributed by atoms with Crippen LogP contribution in [0.4, 0.5) is 0 Å². The summed E-state index contributed by atoms with van der Waals surface area (Å²) in [5, 5.41) is 4.21. The van der Waals surface area contributed by atoms with E-state index in [1.54, 1.807) is 18.3 Å².